The molecule has 1 amide bonds. The number of piperazine rings is 1. The minimum atomic E-state index is -0.451. The maximum atomic E-state index is 13.3. The lowest BCUT2D eigenvalue weighted by molar-refractivity contribution is -0.137. The predicted octanol–water partition coefficient (Wildman–Crippen LogP) is 1.67. The largest absolute Gasteiger partial charge is 0.338 e. The van der Waals surface area contributed by atoms with E-state index in [0.717, 1.165) is 25.2 Å². The molecule has 1 unspecified atom stereocenters. The molecule has 2 aromatic carbocycles. The van der Waals surface area contributed by atoms with Gasteiger partial charge in [-0.05, 0) is 33.7 Å². The van der Waals surface area contributed by atoms with Crippen LogP contribution >= 0.6 is 0 Å². The van der Waals surface area contributed by atoms with Crippen LogP contribution in [0.1, 0.15) is 22.7 Å². The number of hydrogen-bond donors (Lipinski definition) is 0. The van der Waals surface area contributed by atoms with Gasteiger partial charge in [-0.1, -0.05) is 42.5 Å². The van der Waals surface area contributed by atoms with Gasteiger partial charge < -0.3 is 4.90 Å². The van der Waals surface area contributed by atoms with Crippen molar-refractivity contribution >= 4 is 5.91 Å². The zero-order chi connectivity index (χ0) is 20.8. The highest BCUT2D eigenvalue weighted by atomic mass is 16.2. The third-order valence-corrected chi connectivity index (χ3v) is 5.41. The number of nitriles is 1. The third-order valence-electron chi connectivity index (χ3n) is 5.41. The van der Waals surface area contributed by atoms with Crippen molar-refractivity contribution in [2.45, 2.75) is 19.0 Å². The highest BCUT2D eigenvalue weighted by Gasteiger charge is 2.29. The molecule has 0 radical (unpaired) electrons. The number of amides is 1. The molecule has 2 heterocycles. The maximum absolute atomic E-state index is 13.3. The van der Waals surface area contributed by atoms with Crippen LogP contribution in [0.5, 0.6) is 0 Å². The summed E-state index contributed by atoms with van der Waals surface area (Å²) in [4.78, 5) is 17.5. The molecular weight excluding hydrogens is 378 g/mol. The van der Waals surface area contributed by atoms with Gasteiger partial charge in [0.25, 0.3) is 0 Å². The maximum Gasteiger partial charge on any atom is 0.248 e. The van der Waals surface area contributed by atoms with E-state index < -0.39 is 6.04 Å². The second-order valence-electron chi connectivity index (χ2n) is 7.41. The van der Waals surface area contributed by atoms with Crippen LogP contribution in [0.2, 0.25) is 0 Å². The lowest BCUT2D eigenvalue weighted by atomic mass is 10.0. The fourth-order valence-electron chi connectivity index (χ4n) is 3.72. The van der Waals surface area contributed by atoms with E-state index in [1.54, 1.807) is 4.68 Å². The van der Waals surface area contributed by atoms with Gasteiger partial charge in [0.2, 0.25) is 5.91 Å². The number of aromatic nitrogens is 4. The van der Waals surface area contributed by atoms with Gasteiger partial charge in [0, 0.05) is 39.1 Å². The quantitative estimate of drug-likeness (QED) is 0.624. The number of tetrazole rings is 1. The molecule has 1 aromatic heterocycles. The van der Waals surface area contributed by atoms with E-state index in [0.29, 0.717) is 25.1 Å². The Morgan fingerprint density at radius 2 is 1.73 bits per heavy atom. The minimum absolute atomic E-state index is 0.0455. The molecule has 8 heteroatoms. The minimum Gasteiger partial charge on any atom is -0.338 e. The van der Waals surface area contributed by atoms with Crippen LogP contribution in [0, 0.1) is 11.3 Å². The average Bonchev–Trinajstić information content (AvgIpc) is 3.33. The second kappa shape index (κ2) is 9.29. The van der Waals surface area contributed by atoms with E-state index in [-0.39, 0.29) is 5.91 Å². The van der Waals surface area contributed by atoms with Crippen molar-refractivity contribution in [3.05, 3.63) is 77.6 Å². The van der Waals surface area contributed by atoms with Crippen molar-refractivity contribution in [1.82, 2.24) is 30.0 Å². The summed E-state index contributed by atoms with van der Waals surface area (Å²) in [6, 6.07) is 19.3. The summed E-state index contributed by atoms with van der Waals surface area (Å²) >= 11 is 0. The molecule has 0 saturated carbocycles. The lowest BCUT2D eigenvalue weighted by Crippen LogP contribution is -2.50. The van der Waals surface area contributed by atoms with Gasteiger partial charge in [0.05, 0.1) is 11.6 Å². The van der Waals surface area contributed by atoms with Crippen molar-refractivity contribution in [1.29, 1.82) is 5.26 Å². The van der Waals surface area contributed by atoms with E-state index in [9.17, 15) is 4.79 Å². The zero-order valence-corrected chi connectivity index (χ0v) is 16.6. The summed E-state index contributed by atoms with van der Waals surface area (Å²) in [5.41, 5.74) is 2.91. The Kier molecular flexibility index (Phi) is 6.11. The molecule has 0 bridgehead atoms. The summed E-state index contributed by atoms with van der Waals surface area (Å²) in [7, 11) is 0. The van der Waals surface area contributed by atoms with Gasteiger partial charge in [-0.25, -0.2) is 4.68 Å². The van der Waals surface area contributed by atoms with E-state index in [4.69, 9.17) is 5.26 Å². The summed E-state index contributed by atoms with van der Waals surface area (Å²) in [6.07, 6.45) is 2.06. The highest BCUT2D eigenvalue weighted by molar-refractivity contribution is 5.80. The first-order valence-corrected chi connectivity index (χ1v) is 9.99. The first kappa shape index (κ1) is 19.7. The van der Waals surface area contributed by atoms with Gasteiger partial charge in [0.15, 0.2) is 0 Å². The van der Waals surface area contributed by atoms with E-state index in [1.807, 2.05) is 59.5 Å². The number of hydrogen-bond acceptors (Lipinski definition) is 6. The number of carbonyl (C=O) groups excluding carboxylic acids is 1. The first-order chi connectivity index (χ1) is 14.7. The van der Waals surface area contributed by atoms with Crippen LogP contribution < -0.4 is 0 Å². The summed E-state index contributed by atoms with van der Waals surface area (Å²) in [5, 5.41) is 20.3. The smallest absolute Gasteiger partial charge is 0.248 e. The van der Waals surface area contributed by atoms with Crippen LogP contribution in [0.3, 0.4) is 0 Å². The van der Waals surface area contributed by atoms with Gasteiger partial charge in [0.1, 0.15) is 12.4 Å². The molecule has 0 N–H and O–H groups in total. The molecule has 4 rings (SSSR count). The zero-order valence-electron chi connectivity index (χ0n) is 16.6. The Balaban J connectivity index is 1.38. The molecule has 0 aliphatic carbocycles. The Hall–Kier alpha value is -3.57. The van der Waals surface area contributed by atoms with Crippen molar-refractivity contribution in [2.24, 2.45) is 0 Å². The Morgan fingerprint density at radius 3 is 2.37 bits per heavy atom. The average molecular weight is 401 g/mol. The molecule has 1 fully saturated rings. The Morgan fingerprint density at radius 1 is 1.00 bits per heavy atom. The standard InChI is InChI=1S/C22H23N7O/c23-15-19-6-8-20(9-7-19)16-27-10-12-28(13-11-27)22(30)21(29-17-24-25-26-29)14-18-4-2-1-3-5-18/h1-9,17,21H,10-14,16H2. The van der Waals surface area contributed by atoms with Crippen LogP contribution in [0.15, 0.2) is 60.9 Å². The van der Waals surface area contributed by atoms with Gasteiger partial charge >= 0.3 is 0 Å². The number of carbonyl (C=O) groups is 1. The first-order valence-electron chi connectivity index (χ1n) is 9.99. The third kappa shape index (κ3) is 4.70. The number of benzene rings is 2. The van der Waals surface area contributed by atoms with Crippen molar-refractivity contribution in [3.8, 4) is 6.07 Å². The molecule has 1 aliphatic rings. The molecule has 152 valence electrons. The molecular formula is C22H23N7O. The SMILES string of the molecule is N#Cc1ccc(CN2CCN(C(=O)C(Cc3ccccc3)n3cnnn3)CC2)cc1. The normalized spacial score (nSPS) is 15.5. The summed E-state index contributed by atoms with van der Waals surface area (Å²) in [6.45, 7) is 3.76. The molecule has 8 nitrogen and oxygen atoms in total. The predicted molar refractivity (Wildman–Crippen MR) is 110 cm³/mol. The van der Waals surface area contributed by atoms with E-state index in [2.05, 4.69) is 26.5 Å². The number of rotatable bonds is 6. The molecule has 1 atom stereocenters. The molecule has 0 spiro atoms. The number of nitrogens with zero attached hydrogens (tertiary/aromatic N) is 7. The summed E-state index contributed by atoms with van der Waals surface area (Å²) in [5.74, 6) is 0.0455. The monoisotopic (exact) mass is 401 g/mol. The molecule has 1 saturated heterocycles. The summed E-state index contributed by atoms with van der Waals surface area (Å²) < 4.78 is 1.55. The van der Waals surface area contributed by atoms with E-state index >= 15 is 0 Å². The van der Waals surface area contributed by atoms with Crippen LogP contribution in [0.4, 0.5) is 0 Å². The topological polar surface area (TPSA) is 90.9 Å². The van der Waals surface area contributed by atoms with E-state index in [1.165, 1.54) is 11.9 Å². The molecule has 1 aliphatic heterocycles. The Labute approximate surface area is 175 Å². The van der Waals surface area contributed by atoms with Crippen molar-refractivity contribution in [2.75, 3.05) is 26.2 Å². The van der Waals surface area contributed by atoms with Gasteiger partial charge in [-0.2, -0.15) is 5.26 Å². The van der Waals surface area contributed by atoms with Gasteiger partial charge in [-0.3, -0.25) is 9.69 Å². The van der Waals surface area contributed by atoms with Crippen molar-refractivity contribution in [3.63, 3.8) is 0 Å². The second-order valence-corrected chi connectivity index (χ2v) is 7.41. The van der Waals surface area contributed by atoms with Crippen LogP contribution in [-0.4, -0.2) is 62.1 Å². The van der Waals surface area contributed by atoms with Crippen LogP contribution in [-0.2, 0) is 17.8 Å². The molecule has 30 heavy (non-hydrogen) atoms. The fourth-order valence-corrected chi connectivity index (χ4v) is 3.72. The van der Waals surface area contributed by atoms with Crippen molar-refractivity contribution < 1.29 is 4.79 Å². The highest BCUT2D eigenvalue weighted by Crippen LogP contribution is 2.18. The lowest BCUT2D eigenvalue weighted by Gasteiger charge is -2.36. The van der Waals surface area contributed by atoms with Crippen LogP contribution in [0.25, 0.3) is 0 Å². The fraction of sp³-hybridized carbons (Fsp3) is 0.318. The molecule has 3 aromatic rings. The Bertz CT molecular complexity index is 988. The van der Waals surface area contributed by atoms with Gasteiger partial charge in [-0.15, -0.1) is 5.10 Å².